The Hall–Kier alpha value is -6.42. The first kappa shape index (κ1) is 29.5. The number of fused-ring (bicyclic) bond motifs is 7. The molecule has 0 radical (unpaired) electrons. The van der Waals surface area contributed by atoms with Crippen molar-refractivity contribution in [3.63, 3.8) is 0 Å². The summed E-state index contributed by atoms with van der Waals surface area (Å²) in [5, 5.41) is 4.93. The Morgan fingerprint density at radius 3 is 1.43 bits per heavy atom. The highest BCUT2D eigenvalue weighted by molar-refractivity contribution is 7.27. The van der Waals surface area contributed by atoms with Crippen LogP contribution >= 0.6 is 11.3 Å². The van der Waals surface area contributed by atoms with E-state index in [9.17, 15) is 0 Å². The van der Waals surface area contributed by atoms with E-state index in [2.05, 4.69) is 187 Å². The second-order valence-electron chi connectivity index (χ2n) is 12.9. The van der Waals surface area contributed by atoms with Gasteiger partial charge in [0.05, 0.1) is 0 Å². The Morgan fingerprint density at radius 2 is 0.824 bits per heavy atom. The van der Waals surface area contributed by atoms with Gasteiger partial charge in [0.25, 0.3) is 0 Å². The third-order valence-corrected chi connectivity index (χ3v) is 11.2. The fourth-order valence-corrected chi connectivity index (χ4v) is 8.78. The van der Waals surface area contributed by atoms with Crippen LogP contribution in [0.25, 0.3) is 75.5 Å². The van der Waals surface area contributed by atoms with Gasteiger partial charge in [0, 0.05) is 48.0 Å². The SMILES string of the molecule is c1ccc(-c2ccc(N(c3ccc(-c4ccccc4)cc3)c3ccc(-c4cccc5c4sc4c5ccc5oc6ccccc6c54)cc3)cc2)cc1. The van der Waals surface area contributed by atoms with Crippen LogP contribution in [-0.4, -0.2) is 0 Å². The molecule has 51 heavy (non-hydrogen) atoms. The third-order valence-electron chi connectivity index (χ3n) is 9.91. The number of para-hydroxylation sites is 1. The van der Waals surface area contributed by atoms with Crippen LogP contribution in [0.2, 0.25) is 0 Å². The number of nitrogens with zero attached hydrogens (tertiary/aromatic N) is 1. The summed E-state index contributed by atoms with van der Waals surface area (Å²) in [6.45, 7) is 0. The Labute approximate surface area is 300 Å². The third kappa shape index (κ3) is 5.10. The molecule has 2 aromatic heterocycles. The summed E-state index contributed by atoms with van der Waals surface area (Å²) in [6.07, 6.45) is 0. The molecule has 0 saturated carbocycles. The van der Waals surface area contributed by atoms with Gasteiger partial charge < -0.3 is 9.32 Å². The molecule has 0 unspecified atom stereocenters. The maximum absolute atomic E-state index is 6.24. The van der Waals surface area contributed by atoms with Crippen molar-refractivity contribution in [2.24, 2.45) is 0 Å². The number of anilines is 3. The minimum Gasteiger partial charge on any atom is -0.456 e. The van der Waals surface area contributed by atoms with Gasteiger partial charge in [-0.25, -0.2) is 0 Å². The highest BCUT2D eigenvalue weighted by Gasteiger charge is 2.18. The first-order chi connectivity index (χ1) is 25.3. The molecule has 0 fully saturated rings. The van der Waals surface area contributed by atoms with E-state index in [0.717, 1.165) is 28.2 Å². The molecule has 240 valence electrons. The second kappa shape index (κ2) is 12.2. The lowest BCUT2D eigenvalue weighted by molar-refractivity contribution is 0.669. The number of rotatable bonds is 6. The summed E-state index contributed by atoms with van der Waals surface area (Å²) in [4.78, 5) is 2.34. The van der Waals surface area contributed by atoms with Crippen molar-refractivity contribution in [2.45, 2.75) is 0 Å². The molecule has 0 atom stereocenters. The summed E-state index contributed by atoms with van der Waals surface area (Å²) in [7, 11) is 0. The summed E-state index contributed by atoms with van der Waals surface area (Å²) in [6, 6.07) is 67.3. The van der Waals surface area contributed by atoms with Gasteiger partial charge in [0.15, 0.2) is 0 Å². The topological polar surface area (TPSA) is 16.4 Å². The van der Waals surface area contributed by atoms with Gasteiger partial charge in [-0.05, 0) is 88.0 Å². The van der Waals surface area contributed by atoms with Crippen molar-refractivity contribution in [3.8, 4) is 33.4 Å². The molecule has 3 heteroatoms. The predicted octanol–water partition coefficient (Wildman–Crippen LogP) is 14.4. The number of furan rings is 1. The van der Waals surface area contributed by atoms with Gasteiger partial charge in [-0.2, -0.15) is 0 Å². The van der Waals surface area contributed by atoms with Crippen molar-refractivity contribution in [3.05, 3.63) is 188 Å². The van der Waals surface area contributed by atoms with E-state index >= 15 is 0 Å². The van der Waals surface area contributed by atoms with Gasteiger partial charge in [-0.15, -0.1) is 11.3 Å². The number of benzene rings is 8. The van der Waals surface area contributed by atoms with Gasteiger partial charge in [0.1, 0.15) is 11.2 Å². The lowest BCUT2D eigenvalue weighted by Gasteiger charge is -2.26. The Morgan fingerprint density at radius 1 is 0.333 bits per heavy atom. The van der Waals surface area contributed by atoms with Crippen LogP contribution < -0.4 is 4.90 Å². The first-order valence-electron chi connectivity index (χ1n) is 17.3. The molecule has 0 spiro atoms. The molecule has 8 aromatic carbocycles. The highest BCUT2D eigenvalue weighted by Crippen LogP contribution is 2.46. The maximum Gasteiger partial charge on any atom is 0.136 e. The zero-order chi connectivity index (χ0) is 33.7. The summed E-state index contributed by atoms with van der Waals surface area (Å²) in [5.41, 5.74) is 12.5. The normalized spacial score (nSPS) is 11.5. The van der Waals surface area contributed by atoms with Gasteiger partial charge in [0.2, 0.25) is 0 Å². The highest BCUT2D eigenvalue weighted by atomic mass is 32.1. The zero-order valence-corrected chi connectivity index (χ0v) is 28.5. The average Bonchev–Trinajstić information content (AvgIpc) is 3.78. The van der Waals surface area contributed by atoms with Crippen LogP contribution in [0.4, 0.5) is 17.1 Å². The largest absolute Gasteiger partial charge is 0.456 e. The van der Waals surface area contributed by atoms with E-state index in [0.29, 0.717) is 0 Å². The zero-order valence-electron chi connectivity index (χ0n) is 27.7. The molecule has 10 aromatic rings. The Balaban J connectivity index is 1.06. The predicted molar refractivity (Wildman–Crippen MR) is 218 cm³/mol. The van der Waals surface area contributed by atoms with Gasteiger partial charge >= 0.3 is 0 Å². The molecule has 0 aliphatic heterocycles. The summed E-state index contributed by atoms with van der Waals surface area (Å²) >= 11 is 1.86. The van der Waals surface area contributed by atoms with E-state index in [1.165, 1.54) is 64.3 Å². The van der Waals surface area contributed by atoms with E-state index in [1.807, 2.05) is 17.4 Å². The number of thiophene rings is 1. The van der Waals surface area contributed by atoms with E-state index in [-0.39, 0.29) is 0 Å². The summed E-state index contributed by atoms with van der Waals surface area (Å²) < 4.78 is 8.81. The Bertz CT molecular complexity index is 2730. The molecule has 0 bridgehead atoms. The molecule has 10 rings (SSSR count). The standard InChI is InChI=1S/C48H31NOS/c1-3-10-32(11-4-1)34-18-24-37(25-19-34)49(38-26-20-35(21-27-38)33-12-5-2-6-13-33)39-28-22-36(23-29-39)40-15-9-16-41-42-30-31-45-46(48(42)51-47(40)41)43-14-7-8-17-44(43)50-45/h1-31H. The van der Waals surface area contributed by atoms with Crippen molar-refractivity contribution < 1.29 is 4.42 Å². The molecule has 0 aliphatic rings. The van der Waals surface area contributed by atoms with Gasteiger partial charge in [-0.3, -0.25) is 0 Å². The molecular weight excluding hydrogens is 639 g/mol. The smallest absolute Gasteiger partial charge is 0.136 e. The van der Waals surface area contributed by atoms with E-state index < -0.39 is 0 Å². The monoisotopic (exact) mass is 669 g/mol. The maximum atomic E-state index is 6.24. The van der Waals surface area contributed by atoms with Crippen LogP contribution in [0, 0.1) is 0 Å². The van der Waals surface area contributed by atoms with Crippen LogP contribution in [0.15, 0.2) is 192 Å². The quantitative estimate of drug-likeness (QED) is 0.175. The fraction of sp³-hybridized carbons (Fsp3) is 0. The molecular formula is C48H31NOS. The van der Waals surface area contributed by atoms with Crippen molar-refractivity contribution in [2.75, 3.05) is 4.90 Å². The Kier molecular flexibility index (Phi) is 7.04. The lowest BCUT2D eigenvalue weighted by Crippen LogP contribution is -2.09. The second-order valence-corrected chi connectivity index (χ2v) is 13.9. The van der Waals surface area contributed by atoms with Crippen molar-refractivity contribution in [1.82, 2.24) is 0 Å². The van der Waals surface area contributed by atoms with Gasteiger partial charge in [-0.1, -0.05) is 133 Å². The molecule has 0 N–H and O–H groups in total. The molecule has 0 saturated heterocycles. The van der Waals surface area contributed by atoms with E-state index in [1.54, 1.807) is 0 Å². The average molecular weight is 670 g/mol. The minimum atomic E-state index is 0.933. The minimum absolute atomic E-state index is 0.933. The molecule has 2 nitrogen and oxygen atoms in total. The molecule has 0 amide bonds. The number of hydrogen-bond acceptors (Lipinski definition) is 3. The molecule has 0 aliphatic carbocycles. The van der Waals surface area contributed by atoms with Crippen LogP contribution in [-0.2, 0) is 0 Å². The fourth-order valence-electron chi connectivity index (χ4n) is 7.40. The first-order valence-corrected chi connectivity index (χ1v) is 18.1. The van der Waals surface area contributed by atoms with Crippen LogP contribution in [0.3, 0.4) is 0 Å². The van der Waals surface area contributed by atoms with Crippen molar-refractivity contribution >= 4 is 70.5 Å². The van der Waals surface area contributed by atoms with Crippen molar-refractivity contribution in [1.29, 1.82) is 0 Å². The van der Waals surface area contributed by atoms with E-state index in [4.69, 9.17) is 4.42 Å². The number of hydrogen-bond donors (Lipinski definition) is 0. The summed E-state index contributed by atoms with van der Waals surface area (Å²) in [5.74, 6) is 0. The molecule has 2 heterocycles. The van der Waals surface area contributed by atoms with Crippen LogP contribution in [0.1, 0.15) is 0 Å². The van der Waals surface area contributed by atoms with Crippen LogP contribution in [0.5, 0.6) is 0 Å². The lowest BCUT2D eigenvalue weighted by atomic mass is 10.0.